The highest BCUT2D eigenvalue weighted by atomic mass is 35.5. The number of hydrogen-bond donors (Lipinski definition) is 3. The van der Waals surface area contributed by atoms with Crippen molar-refractivity contribution in [2.45, 2.75) is 40.2 Å². The third kappa shape index (κ3) is 7.01. The Morgan fingerprint density at radius 1 is 1.22 bits per heavy atom. The smallest absolute Gasteiger partial charge is 0.252 e. The van der Waals surface area contributed by atoms with E-state index < -0.39 is 0 Å². The minimum atomic E-state index is -0.250. The molecule has 0 bridgehead atoms. The van der Waals surface area contributed by atoms with Gasteiger partial charge in [-0.25, -0.2) is 0 Å². The molecular weight excluding hydrogens is 314 g/mol. The van der Waals surface area contributed by atoms with E-state index >= 15 is 0 Å². The summed E-state index contributed by atoms with van der Waals surface area (Å²) in [6, 6.07) is 5.10. The molecule has 128 valence electrons. The van der Waals surface area contributed by atoms with E-state index in [9.17, 15) is 9.59 Å². The Morgan fingerprint density at radius 2 is 1.91 bits per heavy atom. The van der Waals surface area contributed by atoms with Gasteiger partial charge in [-0.1, -0.05) is 32.4 Å². The van der Waals surface area contributed by atoms with E-state index in [-0.39, 0.29) is 23.8 Å². The van der Waals surface area contributed by atoms with E-state index in [1.54, 1.807) is 18.2 Å². The van der Waals surface area contributed by atoms with Crippen LogP contribution in [-0.4, -0.2) is 30.9 Å². The van der Waals surface area contributed by atoms with Crippen LogP contribution in [0.3, 0.4) is 0 Å². The molecule has 6 heteroatoms. The van der Waals surface area contributed by atoms with Gasteiger partial charge in [-0.2, -0.15) is 0 Å². The molecule has 0 aliphatic heterocycles. The number of halogens is 1. The molecule has 0 fully saturated rings. The third-order valence-electron chi connectivity index (χ3n) is 3.21. The molecule has 1 atom stereocenters. The van der Waals surface area contributed by atoms with Crippen LogP contribution in [0, 0.1) is 5.92 Å². The minimum Gasteiger partial charge on any atom is -0.350 e. The van der Waals surface area contributed by atoms with Crippen molar-refractivity contribution >= 4 is 29.1 Å². The van der Waals surface area contributed by atoms with Crippen LogP contribution in [0.1, 0.15) is 44.5 Å². The van der Waals surface area contributed by atoms with Gasteiger partial charge >= 0.3 is 0 Å². The van der Waals surface area contributed by atoms with Crippen LogP contribution in [0.2, 0.25) is 5.02 Å². The first kappa shape index (κ1) is 19.5. The van der Waals surface area contributed by atoms with E-state index in [2.05, 4.69) is 16.0 Å². The number of likely N-dealkylation sites (N-methyl/N-ethyl adjacent to an activating group) is 1. The number of nitrogens with one attached hydrogen (secondary N) is 3. The molecule has 0 saturated carbocycles. The number of carbonyl (C=O) groups excluding carboxylic acids is 2. The minimum absolute atomic E-state index is 0.0746. The first-order valence-corrected chi connectivity index (χ1v) is 8.32. The summed E-state index contributed by atoms with van der Waals surface area (Å²) in [6.07, 6.45) is 0.435. The maximum absolute atomic E-state index is 12.3. The standard InChI is InChI=1S/C17H26ClN3O2/c1-5-19-12(4)10-20-17(23)14-9-13(6-7-15(14)18)21-16(22)8-11(2)3/h6-7,9,11-12,19H,5,8,10H2,1-4H3,(H,20,23)(H,21,22)/t12-/m1/s1. The van der Waals surface area contributed by atoms with Gasteiger partial charge in [0.2, 0.25) is 5.91 Å². The summed E-state index contributed by atoms with van der Waals surface area (Å²) in [6.45, 7) is 9.31. The molecule has 3 N–H and O–H groups in total. The summed E-state index contributed by atoms with van der Waals surface area (Å²) < 4.78 is 0. The number of anilines is 1. The molecule has 1 aromatic rings. The topological polar surface area (TPSA) is 70.2 Å². The van der Waals surface area contributed by atoms with Gasteiger partial charge in [-0.3, -0.25) is 9.59 Å². The molecule has 2 amide bonds. The van der Waals surface area contributed by atoms with Gasteiger partial charge in [-0.05, 0) is 37.6 Å². The zero-order valence-corrected chi connectivity index (χ0v) is 15.0. The average Bonchev–Trinajstić information content (AvgIpc) is 2.46. The highest BCUT2D eigenvalue weighted by Gasteiger charge is 2.13. The van der Waals surface area contributed by atoms with Crippen LogP contribution < -0.4 is 16.0 Å². The van der Waals surface area contributed by atoms with E-state index in [0.717, 1.165) is 6.54 Å². The maximum atomic E-state index is 12.3. The van der Waals surface area contributed by atoms with Crippen molar-refractivity contribution < 1.29 is 9.59 Å². The largest absolute Gasteiger partial charge is 0.350 e. The number of hydrogen-bond acceptors (Lipinski definition) is 3. The summed E-state index contributed by atoms with van der Waals surface area (Å²) in [4.78, 5) is 24.1. The van der Waals surface area contributed by atoms with Crippen molar-refractivity contribution in [2.75, 3.05) is 18.4 Å². The first-order chi connectivity index (χ1) is 10.8. The molecule has 1 aromatic carbocycles. The Hall–Kier alpha value is -1.59. The second-order valence-corrected chi connectivity index (χ2v) is 6.42. The second-order valence-electron chi connectivity index (χ2n) is 6.01. The predicted molar refractivity (Wildman–Crippen MR) is 95.0 cm³/mol. The van der Waals surface area contributed by atoms with Gasteiger partial charge in [0, 0.05) is 24.7 Å². The quantitative estimate of drug-likeness (QED) is 0.681. The fraction of sp³-hybridized carbons (Fsp3) is 0.529. The lowest BCUT2D eigenvalue weighted by atomic mass is 10.1. The molecular formula is C17H26ClN3O2. The monoisotopic (exact) mass is 339 g/mol. The average molecular weight is 340 g/mol. The Bertz CT molecular complexity index is 547. The van der Waals surface area contributed by atoms with Crippen LogP contribution in [0.5, 0.6) is 0 Å². The molecule has 23 heavy (non-hydrogen) atoms. The normalized spacial score (nSPS) is 12.1. The van der Waals surface area contributed by atoms with Crippen molar-refractivity contribution in [1.82, 2.24) is 10.6 Å². The Balaban J connectivity index is 2.72. The van der Waals surface area contributed by atoms with Crippen molar-refractivity contribution in [3.8, 4) is 0 Å². The third-order valence-corrected chi connectivity index (χ3v) is 3.54. The van der Waals surface area contributed by atoms with E-state index in [4.69, 9.17) is 11.6 Å². The van der Waals surface area contributed by atoms with Gasteiger partial charge in [-0.15, -0.1) is 0 Å². The number of rotatable bonds is 8. The van der Waals surface area contributed by atoms with Gasteiger partial charge < -0.3 is 16.0 Å². The van der Waals surface area contributed by atoms with E-state index in [1.807, 2.05) is 27.7 Å². The second kappa shape index (κ2) is 9.53. The Morgan fingerprint density at radius 3 is 2.52 bits per heavy atom. The lowest BCUT2D eigenvalue weighted by Crippen LogP contribution is -2.38. The summed E-state index contributed by atoms with van der Waals surface area (Å²) in [5.41, 5.74) is 0.933. The molecule has 0 aromatic heterocycles. The SMILES string of the molecule is CCN[C@H](C)CNC(=O)c1cc(NC(=O)CC(C)C)ccc1Cl. The maximum Gasteiger partial charge on any atom is 0.252 e. The fourth-order valence-electron chi connectivity index (χ4n) is 2.12. The zero-order valence-electron chi connectivity index (χ0n) is 14.2. The van der Waals surface area contributed by atoms with Crippen molar-refractivity contribution in [2.24, 2.45) is 5.92 Å². The zero-order chi connectivity index (χ0) is 17.4. The van der Waals surface area contributed by atoms with Crippen molar-refractivity contribution in [1.29, 1.82) is 0 Å². The molecule has 1 rings (SSSR count). The van der Waals surface area contributed by atoms with Crippen LogP contribution in [0.25, 0.3) is 0 Å². The van der Waals surface area contributed by atoms with Crippen LogP contribution in [-0.2, 0) is 4.79 Å². The van der Waals surface area contributed by atoms with Gasteiger partial charge in [0.05, 0.1) is 10.6 Å². The fourth-order valence-corrected chi connectivity index (χ4v) is 2.32. The summed E-state index contributed by atoms with van der Waals surface area (Å²) in [5.74, 6) is -0.0493. The lowest BCUT2D eigenvalue weighted by molar-refractivity contribution is -0.116. The molecule has 0 spiro atoms. The first-order valence-electron chi connectivity index (χ1n) is 7.94. The molecule has 0 heterocycles. The molecule has 0 radical (unpaired) electrons. The molecule has 0 unspecified atom stereocenters. The number of carbonyl (C=O) groups is 2. The van der Waals surface area contributed by atoms with Gasteiger partial charge in [0.1, 0.15) is 0 Å². The van der Waals surface area contributed by atoms with Crippen LogP contribution in [0.15, 0.2) is 18.2 Å². The summed E-state index contributed by atoms with van der Waals surface area (Å²) >= 11 is 6.10. The van der Waals surface area contributed by atoms with E-state index in [1.165, 1.54) is 0 Å². The van der Waals surface area contributed by atoms with Crippen molar-refractivity contribution in [3.05, 3.63) is 28.8 Å². The van der Waals surface area contributed by atoms with Gasteiger partial charge in [0.15, 0.2) is 0 Å². The molecule has 0 aliphatic rings. The molecule has 0 saturated heterocycles. The lowest BCUT2D eigenvalue weighted by Gasteiger charge is -2.14. The predicted octanol–water partition coefficient (Wildman–Crippen LogP) is 3.05. The number of amides is 2. The Kier molecular flexibility index (Phi) is 8.06. The summed E-state index contributed by atoms with van der Waals surface area (Å²) in [5, 5.41) is 9.21. The van der Waals surface area contributed by atoms with Gasteiger partial charge in [0.25, 0.3) is 5.91 Å². The van der Waals surface area contributed by atoms with Crippen molar-refractivity contribution in [3.63, 3.8) is 0 Å². The molecule has 5 nitrogen and oxygen atoms in total. The Labute approximate surface area is 143 Å². The van der Waals surface area contributed by atoms with E-state index in [0.29, 0.717) is 29.2 Å². The highest BCUT2D eigenvalue weighted by Crippen LogP contribution is 2.21. The van der Waals surface area contributed by atoms with Crippen LogP contribution in [0.4, 0.5) is 5.69 Å². The number of benzene rings is 1. The summed E-state index contributed by atoms with van der Waals surface area (Å²) in [7, 11) is 0. The highest BCUT2D eigenvalue weighted by molar-refractivity contribution is 6.34. The molecule has 0 aliphatic carbocycles. The van der Waals surface area contributed by atoms with Crippen LogP contribution >= 0.6 is 11.6 Å².